The lowest BCUT2D eigenvalue weighted by Crippen LogP contribution is -2.41. The van der Waals surface area contributed by atoms with Gasteiger partial charge in [0.25, 0.3) is 11.3 Å². The fourth-order valence-corrected chi connectivity index (χ4v) is 3.30. The first-order valence-corrected chi connectivity index (χ1v) is 10.4. The van der Waals surface area contributed by atoms with Gasteiger partial charge in [0.05, 0.1) is 18.3 Å². The van der Waals surface area contributed by atoms with Crippen molar-refractivity contribution in [3.05, 3.63) is 92.1 Å². The predicted molar refractivity (Wildman–Crippen MR) is 115 cm³/mol. The number of nitrogens with zero attached hydrogens (tertiary/aromatic N) is 3. The van der Waals surface area contributed by atoms with E-state index in [0.29, 0.717) is 22.8 Å². The Balaban J connectivity index is 1.73. The minimum absolute atomic E-state index is 0.0393. The van der Waals surface area contributed by atoms with Gasteiger partial charge in [0, 0.05) is 18.7 Å². The molecule has 3 aromatic rings. The third kappa shape index (κ3) is 6.24. The van der Waals surface area contributed by atoms with E-state index in [2.05, 4.69) is 15.6 Å². The minimum Gasteiger partial charge on any atom is -0.618 e. The summed E-state index contributed by atoms with van der Waals surface area (Å²) in [6, 6.07) is 5.13. The van der Waals surface area contributed by atoms with Gasteiger partial charge in [0.15, 0.2) is 12.0 Å². The van der Waals surface area contributed by atoms with Crippen LogP contribution < -0.4 is 20.9 Å². The molecule has 0 aliphatic rings. The van der Waals surface area contributed by atoms with Crippen molar-refractivity contribution in [1.82, 2.24) is 14.9 Å². The van der Waals surface area contributed by atoms with Crippen molar-refractivity contribution in [1.29, 1.82) is 0 Å². The molecule has 2 N–H and O–H groups in total. The number of pyridine rings is 1. The number of halogens is 7. The van der Waals surface area contributed by atoms with E-state index in [1.54, 1.807) is 0 Å². The van der Waals surface area contributed by atoms with Crippen molar-refractivity contribution >= 4 is 23.3 Å². The van der Waals surface area contributed by atoms with Gasteiger partial charge in [-0.1, -0.05) is 11.6 Å². The van der Waals surface area contributed by atoms with Crippen LogP contribution in [-0.4, -0.2) is 22.0 Å². The maximum Gasteiger partial charge on any atom is 0.416 e. The molecule has 0 spiro atoms. The van der Waals surface area contributed by atoms with Gasteiger partial charge in [-0.3, -0.25) is 14.2 Å². The van der Waals surface area contributed by atoms with Crippen LogP contribution in [0.1, 0.15) is 16.8 Å². The largest absolute Gasteiger partial charge is 0.618 e. The number of hydrogen-bond donors (Lipinski definition) is 2. The average Bonchev–Trinajstić information content (AvgIpc) is 2.79. The molecule has 1 amide bonds. The smallest absolute Gasteiger partial charge is 0.416 e. The van der Waals surface area contributed by atoms with Crippen LogP contribution in [0.5, 0.6) is 0 Å². The van der Waals surface area contributed by atoms with Crippen molar-refractivity contribution in [2.24, 2.45) is 0 Å². The first-order chi connectivity index (χ1) is 16.8. The summed E-state index contributed by atoms with van der Waals surface area (Å²) in [6.45, 7) is -2.72. The van der Waals surface area contributed by atoms with E-state index in [0.717, 1.165) is 18.5 Å². The summed E-state index contributed by atoms with van der Waals surface area (Å²) >= 11 is 5.88. The molecule has 0 aliphatic heterocycles. The highest BCUT2D eigenvalue weighted by molar-refractivity contribution is 6.29. The highest BCUT2D eigenvalue weighted by Crippen LogP contribution is 2.32. The predicted octanol–water partition coefficient (Wildman–Crippen LogP) is 3.21. The molecule has 0 fully saturated rings. The molecule has 0 radical (unpaired) electrons. The maximum atomic E-state index is 14.4. The van der Waals surface area contributed by atoms with E-state index in [9.17, 15) is 41.1 Å². The second-order valence-corrected chi connectivity index (χ2v) is 7.75. The van der Waals surface area contributed by atoms with Gasteiger partial charge >= 0.3 is 12.1 Å². The Hall–Kier alpha value is -3.81. The third-order valence-corrected chi connectivity index (χ3v) is 5.13. The summed E-state index contributed by atoms with van der Waals surface area (Å²) in [6.07, 6.45) is -3.04. The van der Waals surface area contributed by atoms with Crippen molar-refractivity contribution in [3.8, 4) is 0 Å². The fraction of sp³-hybridized carbons (Fsp3) is 0.238. The monoisotopic (exact) mass is 535 g/mol. The molecule has 2 heterocycles. The average molecular weight is 536 g/mol. The van der Waals surface area contributed by atoms with Gasteiger partial charge in [-0.2, -0.15) is 26.7 Å². The summed E-state index contributed by atoms with van der Waals surface area (Å²) in [5, 5.41) is 15.5. The number of hydrogen-bond acceptors (Lipinski definition) is 5. The highest BCUT2D eigenvalue weighted by atomic mass is 35.5. The Morgan fingerprint density at radius 1 is 1.17 bits per heavy atom. The molecule has 3 rings (SSSR count). The van der Waals surface area contributed by atoms with Crippen molar-refractivity contribution in [2.45, 2.75) is 25.2 Å². The lowest BCUT2D eigenvalue weighted by Gasteiger charge is -2.17. The molecular weight excluding hydrogens is 520 g/mol. The molecule has 0 saturated heterocycles. The summed E-state index contributed by atoms with van der Waals surface area (Å²) in [5.41, 5.74) is -3.68. The van der Waals surface area contributed by atoms with Gasteiger partial charge in [0.1, 0.15) is 17.5 Å². The van der Waals surface area contributed by atoms with Crippen LogP contribution in [0.3, 0.4) is 0 Å². The number of aromatic nitrogens is 3. The molecule has 0 bridgehead atoms. The zero-order valence-corrected chi connectivity index (χ0v) is 18.7. The van der Waals surface area contributed by atoms with Crippen LogP contribution in [0.4, 0.5) is 32.2 Å². The Morgan fingerprint density at radius 2 is 1.89 bits per heavy atom. The quantitative estimate of drug-likeness (QED) is 0.262. The number of alkyl halides is 5. The topological polar surface area (TPSA) is 103 Å². The summed E-state index contributed by atoms with van der Waals surface area (Å²) in [7, 11) is 0. The van der Waals surface area contributed by atoms with Gasteiger partial charge in [-0.25, -0.2) is 9.37 Å². The molecule has 0 aliphatic carbocycles. The number of carbonyl (C=O) groups excluding carboxylic acids is 1. The van der Waals surface area contributed by atoms with E-state index in [1.165, 1.54) is 12.1 Å². The molecule has 15 heteroatoms. The number of anilines is 1. The summed E-state index contributed by atoms with van der Waals surface area (Å²) in [5.74, 6) is -6.26. The number of amides is 1. The molecule has 8 nitrogen and oxygen atoms in total. The van der Waals surface area contributed by atoms with Crippen LogP contribution in [-0.2, 0) is 30.0 Å². The highest BCUT2D eigenvalue weighted by Gasteiger charge is 2.39. The fourth-order valence-electron chi connectivity index (χ4n) is 3.11. The molecule has 36 heavy (non-hydrogen) atoms. The van der Waals surface area contributed by atoms with Gasteiger partial charge in [0.2, 0.25) is 5.91 Å². The first-order valence-electron chi connectivity index (χ1n) is 9.97. The molecule has 0 unspecified atom stereocenters. The Labute approximate surface area is 203 Å². The van der Waals surface area contributed by atoms with Crippen LogP contribution in [0.2, 0.25) is 5.15 Å². The van der Waals surface area contributed by atoms with Gasteiger partial charge < -0.3 is 15.8 Å². The van der Waals surface area contributed by atoms with E-state index >= 15 is 0 Å². The third-order valence-electron chi connectivity index (χ3n) is 4.83. The summed E-state index contributed by atoms with van der Waals surface area (Å²) < 4.78 is 82.2. The lowest BCUT2D eigenvalue weighted by atomic mass is 10.1. The number of rotatable bonds is 8. The van der Waals surface area contributed by atoms with Gasteiger partial charge in [-0.05, 0) is 29.8 Å². The number of nitrogens with one attached hydrogen (secondary N) is 2. The standard InChI is InChI=1S/C21H16ClF6N5O3/c22-16-9-30-18(31-11-20(24,25)15-3-1-2-6-33(15)36)19(35)32(16)10-17(34)29-8-12-7-13(23)4-5-14(12)21(26,27)28/h1-7,9H,8,10-11H2,(H,29,34)(H,30,31). The zero-order valence-electron chi connectivity index (χ0n) is 18.0. The Kier molecular flexibility index (Phi) is 7.77. The summed E-state index contributed by atoms with van der Waals surface area (Å²) in [4.78, 5) is 28.5. The molecular formula is C21H16ClF6N5O3. The van der Waals surface area contributed by atoms with Crippen molar-refractivity contribution < 1.29 is 35.9 Å². The van der Waals surface area contributed by atoms with Gasteiger partial charge in [-0.15, -0.1) is 0 Å². The second-order valence-electron chi connectivity index (χ2n) is 7.37. The SMILES string of the molecule is O=C(Cn1c(Cl)cnc(NCC(F)(F)c2cccc[n+]2[O-])c1=O)NCc1cc(F)ccc1C(F)(F)F. The normalized spacial score (nSPS) is 11.9. The van der Waals surface area contributed by atoms with Crippen molar-refractivity contribution in [3.63, 3.8) is 0 Å². The Morgan fingerprint density at radius 3 is 2.56 bits per heavy atom. The number of carbonyl (C=O) groups is 1. The minimum atomic E-state index is -4.80. The molecule has 0 atom stereocenters. The Bertz CT molecular complexity index is 1330. The van der Waals surface area contributed by atoms with Crippen LogP contribution in [0, 0.1) is 11.0 Å². The lowest BCUT2D eigenvalue weighted by molar-refractivity contribution is -0.624. The van der Waals surface area contributed by atoms with E-state index in [1.807, 2.05) is 0 Å². The molecule has 0 saturated carbocycles. The van der Waals surface area contributed by atoms with E-state index in [4.69, 9.17) is 11.6 Å². The van der Waals surface area contributed by atoms with Crippen molar-refractivity contribution in [2.75, 3.05) is 11.9 Å². The zero-order chi connectivity index (χ0) is 26.7. The first kappa shape index (κ1) is 26.8. The molecule has 2 aromatic heterocycles. The van der Waals surface area contributed by atoms with E-state index in [-0.39, 0.29) is 9.88 Å². The number of benzene rings is 1. The maximum absolute atomic E-state index is 14.4. The van der Waals surface area contributed by atoms with Crippen LogP contribution in [0.25, 0.3) is 0 Å². The van der Waals surface area contributed by atoms with E-state index < -0.39 is 71.7 Å². The second kappa shape index (κ2) is 10.4. The molecule has 1 aromatic carbocycles. The molecule has 192 valence electrons. The van der Waals surface area contributed by atoms with Crippen LogP contribution in [0.15, 0.2) is 53.6 Å². The van der Waals surface area contributed by atoms with Crippen LogP contribution >= 0.6 is 11.6 Å².